The second-order valence-electron chi connectivity index (χ2n) is 7.45. The summed E-state index contributed by atoms with van der Waals surface area (Å²) in [7, 11) is 0. The van der Waals surface area contributed by atoms with Crippen LogP contribution in [0, 0.1) is 6.92 Å². The first-order valence-electron chi connectivity index (χ1n) is 8.65. The summed E-state index contributed by atoms with van der Waals surface area (Å²) in [5, 5.41) is 10.8. The number of fused-ring (bicyclic) bond motifs is 1. The summed E-state index contributed by atoms with van der Waals surface area (Å²) in [6.07, 6.45) is 1.35. The first kappa shape index (κ1) is 17.2. The predicted molar refractivity (Wildman–Crippen MR) is 99.7 cm³/mol. The van der Waals surface area contributed by atoms with Crippen molar-refractivity contribution in [3.05, 3.63) is 35.5 Å². The highest BCUT2D eigenvalue weighted by Gasteiger charge is 2.19. The summed E-state index contributed by atoms with van der Waals surface area (Å²) >= 11 is 0. The number of amides is 1. The molecule has 0 radical (unpaired) electrons. The molecule has 0 saturated heterocycles. The number of aromatic amines is 1. The van der Waals surface area contributed by atoms with Crippen molar-refractivity contribution in [2.45, 2.75) is 52.9 Å². The second kappa shape index (κ2) is 6.35. The van der Waals surface area contributed by atoms with Gasteiger partial charge >= 0.3 is 0 Å². The van der Waals surface area contributed by atoms with E-state index >= 15 is 0 Å². The van der Waals surface area contributed by atoms with Gasteiger partial charge in [0.1, 0.15) is 0 Å². The Bertz CT molecular complexity index is 882. The number of hydrogen-bond donors (Lipinski definition) is 2. The molecule has 0 spiro atoms. The zero-order valence-electron chi connectivity index (χ0n) is 15.5. The van der Waals surface area contributed by atoms with Crippen LogP contribution < -0.4 is 5.32 Å². The molecule has 3 aromatic rings. The van der Waals surface area contributed by atoms with Crippen LogP contribution in [0.2, 0.25) is 0 Å². The molecule has 0 fully saturated rings. The van der Waals surface area contributed by atoms with E-state index in [4.69, 9.17) is 0 Å². The fourth-order valence-electron chi connectivity index (χ4n) is 2.62. The molecule has 132 valence electrons. The molecule has 0 aliphatic rings. The third kappa shape index (κ3) is 3.57. The Hall–Kier alpha value is -2.63. The molecule has 0 atom stereocenters. The van der Waals surface area contributed by atoms with Crippen molar-refractivity contribution >= 4 is 17.2 Å². The minimum Gasteiger partial charge on any atom is -0.326 e. The monoisotopic (exact) mass is 339 g/mol. The highest BCUT2D eigenvalue weighted by Crippen LogP contribution is 2.26. The molecule has 25 heavy (non-hydrogen) atoms. The van der Waals surface area contributed by atoms with Gasteiger partial charge in [0, 0.05) is 34.8 Å². The van der Waals surface area contributed by atoms with E-state index in [-0.39, 0.29) is 11.3 Å². The SMILES string of the molecule is CCCC(=O)Nc1cc(-c2nc3cc(C(C)(C)C)[nH]n3n2)ccc1C. The molecule has 2 aromatic heterocycles. The van der Waals surface area contributed by atoms with Gasteiger partial charge in [-0.05, 0) is 25.0 Å². The molecule has 0 saturated carbocycles. The maximum Gasteiger partial charge on any atom is 0.224 e. The maximum atomic E-state index is 11.9. The third-order valence-corrected chi connectivity index (χ3v) is 4.19. The number of rotatable bonds is 4. The number of aryl methyl sites for hydroxylation is 1. The fourth-order valence-corrected chi connectivity index (χ4v) is 2.62. The van der Waals surface area contributed by atoms with E-state index in [1.807, 2.05) is 38.1 Å². The van der Waals surface area contributed by atoms with Crippen molar-refractivity contribution in [1.82, 2.24) is 19.8 Å². The Labute approximate surface area is 147 Å². The molecule has 0 aliphatic heterocycles. The molecule has 6 nitrogen and oxygen atoms in total. The molecular weight excluding hydrogens is 314 g/mol. The molecule has 0 unspecified atom stereocenters. The lowest BCUT2D eigenvalue weighted by molar-refractivity contribution is -0.116. The standard InChI is InChI=1S/C19H25N5O/c1-6-7-17(25)20-14-10-13(9-8-12(14)2)18-21-16-11-15(19(3,4)5)22-24(16)23-18/h8-11,22H,6-7H2,1-5H3,(H,20,25). The number of carbonyl (C=O) groups is 1. The second-order valence-corrected chi connectivity index (χ2v) is 7.45. The van der Waals surface area contributed by atoms with Crippen LogP contribution in [-0.4, -0.2) is 25.7 Å². The Morgan fingerprint density at radius 1 is 1.28 bits per heavy atom. The van der Waals surface area contributed by atoms with Gasteiger partial charge in [0.05, 0.1) is 0 Å². The lowest BCUT2D eigenvalue weighted by atomic mass is 9.93. The Morgan fingerprint density at radius 2 is 2.04 bits per heavy atom. The molecule has 0 aliphatic carbocycles. The van der Waals surface area contributed by atoms with E-state index < -0.39 is 0 Å². The van der Waals surface area contributed by atoms with Crippen molar-refractivity contribution in [2.75, 3.05) is 5.32 Å². The van der Waals surface area contributed by atoms with Gasteiger partial charge in [-0.1, -0.05) is 39.8 Å². The molecular formula is C19H25N5O. The average molecular weight is 339 g/mol. The Morgan fingerprint density at radius 3 is 2.68 bits per heavy atom. The number of nitrogens with zero attached hydrogens (tertiary/aromatic N) is 3. The lowest BCUT2D eigenvalue weighted by Gasteiger charge is -2.14. The number of nitrogens with one attached hydrogen (secondary N) is 2. The first-order valence-corrected chi connectivity index (χ1v) is 8.65. The van der Waals surface area contributed by atoms with Crippen LogP contribution in [0.15, 0.2) is 24.3 Å². The Kier molecular flexibility index (Phi) is 4.37. The van der Waals surface area contributed by atoms with Crippen LogP contribution in [0.25, 0.3) is 17.0 Å². The van der Waals surface area contributed by atoms with Gasteiger partial charge < -0.3 is 5.32 Å². The van der Waals surface area contributed by atoms with Crippen molar-refractivity contribution < 1.29 is 4.79 Å². The van der Waals surface area contributed by atoms with Crippen molar-refractivity contribution in [3.63, 3.8) is 0 Å². The summed E-state index contributed by atoms with van der Waals surface area (Å²) in [6, 6.07) is 7.91. The van der Waals surface area contributed by atoms with Gasteiger partial charge in [0.25, 0.3) is 0 Å². The number of hydrogen-bond acceptors (Lipinski definition) is 3. The number of benzene rings is 1. The molecule has 2 heterocycles. The van der Waals surface area contributed by atoms with Crippen molar-refractivity contribution in [3.8, 4) is 11.4 Å². The smallest absolute Gasteiger partial charge is 0.224 e. The lowest BCUT2D eigenvalue weighted by Crippen LogP contribution is -2.12. The number of aromatic nitrogens is 4. The molecule has 1 aromatic carbocycles. The molecule has 1 amide bonds. The van der Waals surface area contributed by atoms with Crippen molar-refractivity contribution in [2.24, 2.45) is 0 Å². The summed E-state index contributed by atoms with van der Waals surface area (Å²) in [5.74, 6) is 0.667. The topological polar surface area (TPSA) is 75.1 Å². The highest BCUT2D eigenvalue weighted by atomic mass is 16.1. The van der Waals surface area contributed by atoms with E-state index in [0.717, 1.165) is 34.6 Å². The zero-order valence-corrected chi connectivity index (χ0v) is 15.5. The first-order chi connectivity index (χ1) is 11.8. The average Bonchev–Trinajstić information content (AvgIpc) is 3.08. The van der Waals surface area contributed by atoms with Gasteiger partial charge in [-0.25, -0.2) is 4.98 Å². The van der Waals surface area contributed by atoms with Crippen molar-refractivity contribution in [1.29, 1.82) is 0 Å². The molecule has 3 rings (SSSR count). The van der Waals surface area contributed by atoms with E-state index in [2.05, 4.69) is 41.3 Å². The van der Waals surface area contributed by atoms with Gasteiger partial charge in [-0.3, -0.25) is 9.89 Å². The van der Waals surface area contributed by atoms with Crippen LogP contribution in [0.1, 0.15) is 51.8 Å². The summed E-state index contributed by atoms with van der Waals surface area (Å²) in [4.78, 5) is 16.5. The van der Waals surface area contributed by atoms with Crippen LogP contribution >= 0.6 is 0 Å². The molecule has 6 heteroatoms. The normalized spacial score (nSPS) is 11.9. The quantitative estimate of drug-likeness (QED) is 0.752. The van der Waals surface area contributed by atoms with Gasteiger partial charge in [0.2, 0.25) is 5.91 Å². The summed E-state index contributed by atoms with van der Waals surface area (Å²) < 4.78 is 1.70. The fraction of sp³-hybridized carbons (Fsp3) is 0.421. The number of H-pyrrole nitrogens is 1. The van der Waals surface area contributed by atoms with Crippen LogP contribution in [0.3, 0.4) is 0 Å². The van der Waals surface area contributed by atoms with E-state index in [0.29, 0.717) is 12.2 Å². The number of carbonyl (C=O) groups excluding carboxylic acids is 1. The summed E-state index contributed by atoms with van der Waals surface area (Å²) in [5.41, 5.74) is 4.61. The zero-order chi connectivity index (χ0) is 18.2. The maximum absolute atomic E-state index is 11.9. The van der Waals surface area contributed by atoms with E-state index in [1.165, 1.54) is 0 Å². The van der Waals surface area contributed by atoms with E-state index in [1.54, 1.807) is 4.63 Å². The minimum atomic E-state index is 0.0170. The van der Waals surface area contributed by atoms with Gasteiger partial charge in [0.15, 0.2) is 11.5 Å². The van der Waals surface area contributed by atoms with Gasteiger partial charge in [-0.15, -0.1) is 5.10 Å². The minimum absolute atomic E-state index is 0.0170. The van der Waals surface area contributed by atoms with Gasteiger partial charge in [-0.2, -0.15) is 4.63 Å². The summed E-state index contributed by atoms with van der Waals surface area (Å²) in [6.45, 7) is 10.4. The van der Waals surface area contributed by atoms with Crippen LogP contribution in [0.5, 0.6) is 0 Å². The largest absolute Gasteiger partial charge is 0.326 e. The molecule has 0 bridgehead atoms. The number of anilines is 1. The third-order valence-electron chi connectivity index (χ3n) is 4.19. The van der Waals surface area contributed by atoms with Crippen LogP contribution in [-0.2, 0) is 10.2 Å². The Balaban J connectivity index is 1.92. The van der Waals surface area contributed by atoms with Crippen LogP contribution in [0.4, 0.5) is 5.69 Å². The van der Waals surface area contributed by atoms with E-state index in [9.17, 15) is 4.79 Å². The highest BCUT2D eigenvalue weighted by molar-refractivity contribution is 5.92. The molecule has 2 N–H and O–H groups in total. The predicted octanol–water partition coefficient (Wildman–Crippen LogP) is 4.07.